The van der Waals surface area contributed by atoms with Crippen LogP contribution in [0.25, 0.3) is 0 Å². The summed E-state index contributed by atoms with van der Waals surface area (Å²) in [6, 6.07) is -0.755. The standard InChI is InChI=1S/C11H19NO4.C2H6/c1-7-5-6-12(8(7)9(13)14)10(15)16-11(2,3)4;1-2/h7-8H,5-6H2,1-4H3,(H,13,14);1-2H3/t7-,8-;/m0./s1. The van der Waals surface area contributed by atoms with E-state index in [9.17, 15) is 9.59 Å². The van der Waals surface area contributed by atoms with Crippen molar-refractivity contribution in [3.05, 3.63) is 0 Å². The second kappa shape index (κ2) is 6.61. The van der Waals surface area contributed by atoms with Crippen molar-refractivity contribution in [3.8, 4) is 0 Å². The molecule has 18 heavy (non-hydrogen) atoms. The molecule has 0 aromatic heterocycles. The lowest BCUT2D eigenvalue weighted by atomic mass is 10.0. The van der Waals surface area contributed by atoms with Gasteiger partial charge in [0.25, 0.3) is 0 Å². The minimum atomic E-state index is -0.962. The molecule has 1 aliphatic heterocycles. The molecule has 0 aliphatic carbocycles. The van der Waals surface area contributed by atoms with Gasteiger partial charge in [0.05, 0.1) is 0 Å². The number of amides is 1. The normalized spacial score (nSPS) is 23.1. The lowest BCUT2D eigenvalue weighted by molar-refractivity contribution is -0.143. The van der Waals surface area contributed by atoms with Crippen molar-refractivity contribution in [3.63, 3.8) is 0 Å². The Bertz CT molecular complexity index is 296. The average molecular weight is 259 g/mol. The summed E-state index contributed by atoms with van der Waals surface area (Å²) in [6.45, 7) is 11.6. The Kier molecular flexibility index (Phi) is 6.15. The van der Waals surface area contributed by atoms with E-state index in [-0.39, 0.29) is 5.92 Å². The first-order chi connectivity index (χ1) is 8.22. The molecule has 5 heteroatoms. The molecule has 0 aromatic carbocycles. The Morgan fingerprint density at radius 2 is 1.78 bits per heavy atom. The Morgan fingerprint density at radius 1 is 1.28 bits per heavy atom. The molecular weight excluding hydrogens is 234 g/mol. The first kappa shape index (κ1) is 16.7. The van der Waals surface area contributed by atoms with Crippen molar-refractivity contribution in [2.75, 3.05) is 6.54 Å². The van der Waals surface area contributed by atoms with Crippen LogP contribution in [0.15, 0.2) is 0 Å². The minimum absolute atomic E-state index is 0.0231. The number of hydrogen-bond acceptors (Lipinski definition) is 3. The summed E-state index contributed by atoms with van der Waals surface area (Å²) in [5.41, 5.74) is -0.591. The molecule has 106 valence electrons. The number of aliphatic carboxylic acids is 1. The topological polar surface area (TPSA) is 66.8 Å². The summed E-state index contributed by atoms with van der Waals surface area (Å²) in [5.74, 6) is -0.985. The fourth-order valence-corrected chi connectivity index (χ4v) is 1.85. The third-order valence-electron chi connectivity index (χ3n) is 2.58. The van der Waals surface area contributed by atoms with Crippen LogP contribution in [0.5, 0.6) is 0 Å². The highest BCUT2D eigenvalue weighted by atomic mass is 16.6. The van der Waals surface area contributed by atoms with Gasteiger partial charge in [-0.25, -0.2) is 9.59 Å². The number of carboxylic acids is 1. The Labute approximate surface area is 109 Å². The fourth-order valence-electron chi connectivity index (χ4n) is 1.85. The van der Waals surface area contributed by atoms with Crippen LogP contribution in [-0.2, 0) is 9.53 Å². The van der Waals surface area contributed by atoms with E-state index >= 15 is 0 Å². The van der Waals surface area contributed by atoms with E-state index in [1.807, 2.05) is 20.8 Å². The maximum absolute atomic E-state index is 11.8. The van der Waals surface area contributed by atoms with E-state index < -0.39 is 23.7 Å². The fraction of sp³-hybridized carbons (Fsp3) is 0.846. The molecule has 0 bridgehead atoms. The molecule has 0 unspecified atom stereocenters. The van der Waals surface area contributed by atoms with Gasteiger partial charge < -0.3 is 9.84 Å². The number of likely N-dealkylation sites (tertiary alicyclic amines) is 1. The quantitative estimate of drug-likeness (QED) is 0.786. The van der Waals surface area contributed by atoms with E-state index in [4.69, 9.17) is 9.84 Å². The van der Waals surface area contributed by atoms with Crippen molar-refractivity contribution < 1.29 is 19.4 Å². The minimum Gasteiger partial charge on any atom is -0.480 e. The number of ether oxygens (including phenoxy) is 1. The van der Waals surface area contributed by atoms with Gasteiger partial charge in [-0.3, -0.25) is 4.90 Å². The van der Waals surface area contributed by atoms with Crippen molar-refractivity contribution in [1.82, 2.24) is 4.90 Å². The van der Waals surface area contributed by atoms with Crippen molar-refractivity contribution in [2.24, 2.45) is 5.92 Å². The largest absolute Gasteiger partial charge is 0.480 e. The molecule has 1 saturated heterocycles. The molecule has 1 amide bonds. The second-order valence-electron chi connectivity index (χ2n) is 5.22. The maximum atomic E-state index is 11.8. The number of rotatable bonds is 1. The van der Waals surface area contributed by atoms with Crippen LogP contribution in [0, 0.1) is 5.92 Å². The lowest BCUT2D eigenvalue weighted by Crippen LogP contribution is -2.45. The number of carboxylic acid groups (broad SMARTS) is 1. The zero-order chi connectivity index (χ0) is 14.5. The van der Waals surface area contributed by atoms with Gasteiger partial charge in [0, 0.05) is 6.54 Å². The number of nitrogens with zero attached hydrogens (tertiary/aromatic N) is 1. The Morgan fingerprint density at radius 3 is 2.17 bits per heavy atom. The van der Waals surface area contributed by atoms with Gasteiger partial charge >= 0.3 is 12.1 Å². The van der Waals surface area contributed by atoms with E-state index in [2.05, 4.69) is 0 Å². The summed E-state index contributed by atoms with van der Waals surface area (Å²) in [7, 11) is 0. The van der Waals surface area contributed by atoms with Crippen molar-refractivity contribution >= 4 is 12.1 Å². The molecule has 5 nitrogen and oxygen atoms in total. The highest BCUT2D eigenvalue weighted by Crippen LogP contribution is 2.25. The first-order valence-corrected chi connectivity index (χ1v) is 6.45. The van der Waals surface area contributed by atoms with Crippen LogP contribution in [0.3, 0.4) is 0 Å². The zero-order valence-electron chi connectivity index (χ0n) is 12.2. The molecule has 1 heterocycles. The molecule has 1 rings (SSSR count). The third kappa shape index (κ3) is 4.55. The molecule has 0 spiro atoms. The molecular formula is C13H25NO4. The van der Waals surface area contributed by atoms with Crippen LogP contribution < -0.4 is 0 Å². The maximum Gasteiger partial charge on any atom is 0.411 e. The average Bonchev–Trinajstić information content (AvgIpc) is 2.60. The SMILES string of the molecule is CC.C[C@H]1CCN(C(=O)OC(C)(C)C)[C@@H]1C(=O)O. The zero-order valence-corrected chi connectivity index (χ0v) is 12.2. The second-order valence-corrected chi connectivity index (χ2v) is 5.22. The predicted octanol–water partition coefficient (Wildman–Crippen LogP) is 2.74. The van der Waals surface area contributed by atoms with Crippen LogP contribution >= 0.6 is 0 Å². The van der Waals surface area contributed by atoms with Crippen LogP contribution in [0.2, 0.25) is 0 Å². The van der Waals surface area contributed by atoms with E-state index in [0.29, 0.717) is 13.0 Å². The van der Waals surface area contributed by atoms with Gasteiger partial charge in [-0.1, -0.05) is 20.8 Å². The first-order valence-electron chi connectivity index (χ1n) is 6.45. The molecule has 1 fully saturated rings. The van der Waals surface area contributed by atoms with E-state index in [0.717, 1.165) is 0 Å². The van der Waals surface area contributed by atoms with Gasteiger partial charge in [0.2, 0.25) is 0 Å². The third-order valence-corrected chi connectivity index (χ3v) is 2.58. The van der Waals surface area contributed by atoms with Gasteiger partial charge in [-0.15, -0.1) is 0 Å². The molecule has 0 saturated carbocycles. The molecule has 0 radical (unpaired) electrons. The van der Waals surface area contributed by atoms with Crippen LogP contribution in [0.4, 0.5) is 4.79 Å². The molecule has 2 atom stereocenters. The predicted molar refractivity (Wildman–Crippen MR) is 69.5 cm³/mol. The molecule has 0 aromatic rings. The highest BCUT2D eigenvalue weighted by Gasteiger charge is 2.41. The summed E-state index contributed by atoms with van der Waals surface area (Å²) in [6.07, 6.45) is 0.167. The van der Waals surface area contributed by atoms with Gasteiger partial charge in [0.1, 0.15) is 11.6 Å². The number of hydrogen-bond donors (Lipinski definition) is 1. The van der Waals surface area contributed by atoms with Crippen LogP contribution in [0.1, 0.15) is 48.0 Å². The van der Waals surface area contributed by atoms with Crippen molar-refractivity contribution in [1.29, 1.82) is 0 Å². The Hall–Kier alpha value is -1.26. The van der Waals surface area contributed by atoms with Gasteiger partial charge in [0.15, 0.2) is 0 Å². The molecule has 1 aliphatic rings. The number of carbonyl (C=O) groups is 2. The molecule has 1 N–H and O–H groups in total. The summed E-state index contributed by atoms with van der Waals surface area (Å²) >= 11 is 0. The summed E-state index contributed by atoms with van der Waals surface area (Å²) in [5, 5.41) is 9.05. The lowest BCUT2D eigenvalue weighted by Gasteiger charge is -2.27. The van der Waals surface area contributed by atoms with E-state index in [1.54, 1.807) is 20.8 Å². The van der Waals surface area contributed by atoms with Gasteiger partial charge in [-0.05, 0) is 33.1 Å². The monoisotopic (exact) mass is 259 g/mol. The summed E-state index contributed by atoms with van der Waals surface area (Å²) < 4.78 is 5.17. The van der Waals surface area contributed by atoms with E-state index in [1.165, 1.54) is 4.90 Å². The highest BCUT2D eigenvalue weighted by molar-refractivity contribution is 5.81. The van der Waals surface area contributed by atoms with Crippen LogP contribution in [-0.4, -0.2) is 40.3 Å². The number of carbonyl (C=O) groups excluding carboxylic acids is 1. The van der Waals surface area contributed by atoms with Crippen molar-refractivity contribution in [2.45, 2.75) is 59.6 Å². The smallest absolute Gasteiger partial charge is 0.411 e. The summed E-state index contributed by atoms with van der Waals surface area (Å²) in [4.78, 5) is 24.1. The van der Waals surface area contributed by atoms with Gasteiger partial charge in [-0.2, -0.15) is 0 Å². The Balaban J connectivity index is 0.00000137.